The highest BCUT2D eigenvalue weighted by Gasteiger charge is 2.23. The zero-order valence-corrected chi connectivity index (χ0v) is 17.4. The molecule has 0 radical (unpaired) electrons. The third kappa shape index (κ3) is 4.14. The number of halogens is 1. The van der Waals surface area contributed by atoms with Crippen molar-refractivity contribution in [2.75, 3.05) is 13.2 Å². The molecule has 4 aromatic rings. The number of rotatable bonds is 7. The van der Waals surface area contributed by atoms with Crippen LogP contribution in [0.1, 0.15) is 24.2 Å². The lowest BCUT2D eigenvalue weighted by Gasteiger charge is -2.25. The second kappa shape index (κ2) is 8.63. The normalized spacial score (nSPS) is 16.7. The van der Waals surface area contributed by atoms with E-state index in [-0.39, 0.29) is 11.9 Å². The molecule has 1 fully saturated rings. The Kier molecular flexibility index (Phi) is 5.57. The van der Waals surface area contributed by atoms with Crippen LogP contribution in [0.3, 0.4) is 0 Å². The molecule has 0 aliphatic carbocycles. The predicted molar refractivity (Wildman–Crippen MR) is 116 cm³/mol. The molecule has 0 spiro atoms. The molecule has 1 aromatic carbocycles. The maximum atomic E-state index is 13.5. The van der Waals surface area contributed by atoms with Gasteiger partial charge in [-0.15, -0.1) is 11.3 Å². The van der Waals surface area contributed by atoms with Crippen molar-refractivity contribution in [1.82, 2.24) is 19.3 Å². The molecule has 30 heavy (non-hydrogen) atoms. The Bertz CT molecular complexity index is 1100. The second-order valence-electron chi connectivity index (χ2n) is 7.60. The monoisotopic (exact) mass is 422 g/mol. The number of benzene rings is 1. The fraction of sp³-hybridized carbons (Fsp3) is 0.304. The Labute approximate surface area is 178 Å². The van der Waals surface area contributed by atoms with Crippen molar-refractivity contribution in [3.05, 3.63) is 77.4 Å². The summed E-state index contributed by atoms with van der Waals surface area (Å²) in [6.07, 6.45) is 6.34. The van der Waals surface area contributed by atoms with E-state index in [1.807, 2.05) is 23.7 Å². The average molecular weight is 423 g/mol. The Morgan fingerprint density at radius 1 is 1.17 bits per heavy atom. The van der Waals surface area contributed by atoms with E-state index in [0.29, 0.717) is 6.54 Å². The number of aromatic nitrogens is 3. The molecule has 7 heteroatoms. The molecule has 0 amide bonds. The first-order valence-corrected chi connectivity index (χ1v) is 11.1. The topological polar surface area (TPSA) is 42.7 Å². The molecular weight excluding hydrogens is 399 g/mol. The summed E-state index contributed by atoms with van der Waals surface area (Å²) in [5.41, 5.74) is 3.97. The van der Waals surface area contributed by atoms with Gasteiger partial charge in [0, 0.05) is 49.6 Å². The van der Waals surface area contributed by atoms with Gasteiger partial charge in [0.15, 0.2) is 4.96 Å². The SMILES string of the molecule is Fc1ccc(-c2nc3sccn3c2CN(Cc2ccccn2)C[C@@H]2CCCO2)cc1. The first-order valence-electron chi connectivity index (χ1n) is 10.2. The first-order chi connectivity index (χ1) is 14.8. The highest BCUT2D eigenvalue weighted by Crippen LogP contribution is 2.29. The number of hydrogen-bond donors (Lipinski definition) is 0. The van der Waals surface area contributed by atoms with Gasteiger partial charge in [0.05, 0.1) is 23.2 Å². The van der Waals surface area contributed by atoms with Crippen LogP contribution in [0.4, 0.5) is 4.39 Å². The van der Waals surface area contributed by atoms with Gasteiger partial charge in [-0.3, -0.25) is 14.3 Å². The van der Waals surface area contributed by atoms with Gasteiger partial charge in [0.2, 0.25) is 0 Å². The molecule has 0 unspecified atom stereocenters. The van der Waals surface area contributed by atoms with Crippen molar-refractivity contribution in [3.63, 3.8) is 0 Å². The molecule has 3 aromatic heterocycles. The van der Waals surface area contributed by atoms with Crippen molar-refractivity contribution >= 4 is 16.3 Å². The van der Waals surface area contributed by atoms with Crippen LogP contribution in [-0.4, -0.2) is 38.5 Å². The number of ether oxygens (including phenoxy) is 1. The minimum absolute atomic E-state index is 0.239. The summed E-state index contributed by atoms with van der Waals surface area (Å²) in [6.45, 7) is 3.13. The fourth-order valence-electron chi connectivity index (χ4n) is 4.02. The van der Waals surface area contributed by atoms with Gasteiger partial charge in [-0.25, -0.2) is 9.37 Å². The number of hydrogen-bond acceptors (Lipinski definition) is 5. The largest absolute Gasteiger partial charge is 0.377 e. The number of imidazole rings is 1. The quantitative estimate of drug-likeness (QED) is 0.430. The summed E-state index contributed by atoms with van der Waals surface area (Å²) in [7, 11) is 0. The van der Waals surface area contributed by atoms with E-state index in [9.17, 15) is 4.39 Å². The number of nitrogens with zero attached hydrogens (tertiary/aromatic N) is 4. The first kappa shape index (κ1) is 19.4. The standard InChI is InChI=1S/C23H23FN4OS/c24-18-8-6-17(7-9-18)22-21(28-11-13-30-23(28)26-22)16-27(15-20-5-3-12-29-20)14-19-4-1-2-10-25-19/h1-2,4,6-11,13,20H,3,5,12,14-16H2/t20-/m0/s1. The van der Waals surface area contributed by atoms with Crippen molar-refractivity contribution in [2.24, 2.45) is 0 Å². The van der Waals surface area contributed by atoms with E-state index in [4.69, 9.17) is 9.72 Å². The highest BCUT2D eigenvalue weighted by atomic mass is 32.1. The number of pyridine rings is 1. The maximum Gasteiger partial charge on any atom is 0.194 e. The van der Waals surface area contributed by atoms with Crippen LogP contribution in [0.15, 0.2) is 60.2 Å². The van der Waals surface area contributed by atoms with E-state index in [1.165, 1.54) is 12.1 Å². The summed E-state index contributed by atoms with van der Waals surface area (Å²) < 4.78 is 21.5. The third-order valence-corrected chi connectivity index (χ3v) is 6.21. The third-order valence-electron chi connectivity index (χ3n) is 5.45. The van der Waals surface area contributed by atoms with Crippen LogP contribution in [0, 0.1) is 5.82 Å². The smallest absolute Gasteiger partial charge is 0.194 e. The lowest BCUT2D eigenvalue weighted by Crippen LogP contribution is -2.32. The average Bonchev–Trinajstić information content (AvgIpc) is 3.49. The fourth-order valence-corrected chi connectivity index (χ4v) is 4.75. The van der Waals surface area contributed by atoms with Crippen LogP contribution in [0.2, 0.25) is 0 Å². The number of thiazole rings is 1. The molecule has 0 bridgehead atoms. The van der Waals surface area contributed by atoms with Gasteiger partial charge in [-0.05, 0) is 49.2 Å². The molecule has 0 saturated carbocycles. The molecule has 1 aliphatic rings. The van der Waals surface area contributed by atoms with Crippen LogP contribution in [-0.2, 0) is 17.8 Å². The zero-order valence-electron chi connectivity index (χ0n) is 16.6. The summed E-state index contributed by atoms with van der Waals surface area (Å²) in [5, 5.41) is 2.05. The van der Waals surface area contributed by atoms with E-state index < -0.39 is 0 Å². The van der Waals surface area contributed by atoms with Crippen LogP contribution >= 0.6 is 11.3 Å². The van der Waals surface area contributed by atoms with Crippen molar-refractivity contribution in [2.45, 2.75) is 32.0 Å². The van der Waals surface area contributed by atoms with Crippen LogP contribution in [0.5, 0.6) is 0 Å². The van der Waals surface area contributed by atoms with Gasteiger partial charge in [0.1, 0.15) is 5.82 Å². The molecule has 1 atom stereocenters. The van der Waals surface area contributed by atoms with E-state index >= 15 is 0 Å². The van der Waals surface area contributed by atoms with Gasteiger partial charge in [0.25, 0.3) is 0 Å². The highest BCUT2D eigenvalue weighted by molar-refractivity contribution is 7.15. The van der Waals surface area contributed by atoms with Crippen LogP contribution < -0.4 is 0 Å². The van der Waals surface area contributed by atoms with Crippen molar-refractivity contribution in [1.29, 1.82) is 0 Å². The zero-order chi connectivity index (χ0) is 20.3. The van der Waals surface area contributed by atoms with Crippen molar-refractivity contribution < 1.29 is 9.13 Å². The van der Waals surface area contributed by atoms with Gasteiger partial charge >= 0.3 is 0 Å². The molecule has 5 rings (SSSR count). The second-order valence-corrected chi connectivity index (χ2v) is 8.47. The number of fused-ring (bicyclic) bond motifs is 1. The molecule has 5 nitrogen and oxygen atoms in total. The van der Waals surface area contributed by atoms with Crippen molar-refractivity contribution in [3.8, 4) is 11.3 Å². The molecule has 1 saturated heterocycles. The minimum Gasteiger partial charge on any atom is -0.377 e. The van der Waals surface area contributed by atoms with E-state index in [2.05, 4.69) is 26.5 Å². The predicted octanol–water partition coefficient (Wildman–Crippen LogP) is 4.78. The lowest BCUT2D eigenvalue weighted by atomic mass is 10.1. The van der Waals surface area contributed by atoms with E-state index in [0.717, 1.165) is 60.1 Å². The van der Waals surface area contributed by atoms with Gasteiger partial charge < -0.3 is 4.74 Å². The lowest BCUT2D eigenvalue weighted by molar-refractivity contribution is 0.0670. The Morgan fingerprint density at radius 3 is 2.83 bits per heavy atom. The van der Waals surface area contributed by atoms with E-state index in [1.54, 1.807) is 23.5 Å². The molecule has 0 N–H and O–H groups in total. The summed E-state index contributed by atoms with van der Waals surface area (Å²) in [6, 6.07) is 12.6. The van der Waals surface area contributed by atoms with Gasteiger partial charge in [-0.2, -0.15) is 0 Å². The minimum atomic E-state index is -0.239. The molecule has 154 valence electrons. The van der Waals surface area contributed by atoms with Crippen LogP contribution in [0.25, 0.3) is 16.2 Å². The Morgan fingerprint density at radius 2 is 2.07 bits per heavy atom. The summed E-state index contributed by atoms with van der Waals surface area (Å²) in [5.74, 6) is -0.239. The molecule has 1 aliphatic heterocycles. The molecule has 4 heterocycles. The Hall–Kier alpha value is -2.61. The summed E-state index contributed by atoms with van der Waals surface area (Å²) >= 11 is 1.61. The Balaban J connectivity index is 1.49. The summed E-state index contributed by atoms with van der Waals surface area (Å²) in [4.78, 5) is 12.7. The molecular formula is C23H23FN4OS. The van der Waals surface area contributed by atoms with Gasteiger partial charge in [-0.1, -0.05) is 6.07 Å². The maximum absolute atomic E-state index is 13.5.